The molecule has 0 aromatic heterocycles. The van der Waals surface area contributed by atoms with E-state index in [1.54, 1.807) is 32.7 Å². The molecule has 1 amide bonds. The van der Waals surface area contributed by atoms with Crippen LogP contribution in [-0.4, -0.2) is 47.7 Å². The molecule has 0 bridgehead atoms. The molecule has 0 spiro atoms. The van der Waals surface area contributed by atoms with E-state index >= 15 is 0 Å². The van der Waals surface area contributed by atoms with Crippen LogP contribution in [0, 0.1) is 5.41 Å². The van der Waals surface area contributed by atoms with Crippen molar-refractivity contribution in [1.29, 1.82) is 0 Å². The van der Waals surface area contributed by atoms with Crippen molar-refractivity contribution >= 4 is 17.5 Å². The standard InChI is InChI=1S/C18H27NO4/c1-11-12(2)17(23)15(13(3)16(11)22)18(4,5)10-14(21)19(6)8-7-9-20/h20H,7-10H2,1-6H3. The van der Waals surface area contributed by atoms with Gasteiger partial charge in [-0.3, -0.25) is 14.4 Å². The third-order valence-corrected chi connectivity index (χ3v) is 4.53. The Kier molecular flexibility index (Phi) is 6.05. The number of aliphatic hydroxyl groups excluding tert-OH is 1. The molecule has 0 aromatic carbocycles. The zero-order valence-electron chi connectivity index (χ0n) is 14.9. The SMILES string of the molecule is CC1=C(C)C(=O)C(C(C)(C)CC(=O)N(C)CCCO)=C(C)C1=O. The zero-order chi connectivity index (χ0) is 17.9. The predicted molar refractivity (Wildman–Crippen MR) is 88.8 cm³/mol. The number of hydrogen-bond acceptors (Lipinski definition) is 4. The first-order chi connectivity index (χ1) is 10.5. The summed E-state index contributed by atoms with van der Waals surface area (Å²) in [5.41, 5.74) is 1.11. The van der Waals surface area contributed by atoms with Gasteiger partial charge in [-0.15, -0.1) is 0 Å². The molecule has 1 aliphatic rings. The molecule has 0 saturated carbocycles. The topological polar surface area (TPSA) is 74.7 Å². The van der Waals surface area contributed by atoms with Gasteiger partial charge < -0.3 is 10.0 Å². The van der Waals surface area contributed by atoms with Crippen LogP contribution in [0.2, 0.25) is 0 Å². The lowest BCUT2D eigenvalue weighted by molar-refractivity contribution is -0.131. The van der Waals surface area contributed by atoms with Crippen LogP contribution in [0.5, 0.6) is 0 Å². The quantitative estimate of drug-likeness (QED) is 0.760. The van der Waals surface area contributed by atoms with Gasteiger partial charge in [0, 0.05) is 54.3 Å². The van der Waals surface area contributed by atoms with Crippen LogP contribution in [0.3, 0.4) is 0 Å². The van der Waals surface area contributed by atoms with Crippen molar-refractivity contribution in [2.75, 3.05) is 20.2 Å². The highest BCUT2D eigenvalue weighted by atomic mass is 16.3. The van der Waals surface area contributed by atoms with Crippen LogP contribution in [0.1, 0.15) is 47.5 Å². The van der Waals surface area contributed by atoms with Crippen LogP contribution in [0.4, 0.5) is 0 Å². The summed E-state index contributed by atoms with van der Waals surface area (Å²) in [6, 6.07) is 0. The van der Waals surface area contributed by atoms with Crippen LogP contribution in [-0.2, 0) is 14.4 Å². The Morgan fingerprint density at radius 2 is 1.57 bits per heavy atom. The summed E-state index contributed by atoms with van der Waals surface area (Å²) in [6.45, 7) is 9.12. The third-order valence-electron chi connectivity index (χ3n) is 4.53. The first-order valence-corrected chi connectivity index (χ1v) is 7.87. The van der Waals surface area contributed by atoms with Gasteiger partial charge in [-0.25, -0.2) is 0 Å². The van der Waals surface area contributed by atoms with Gasteiger partial charge in [-0.1, -0.05) is 13.8 Å². The minimum Gasteiger partial charge on any atom is -0.396 e. The number of ketones is 2. The monoisotopic (exact) mass is 321 g/mol. The van der Waals surface area contributed by atoms with Gasteiger partial charge in [0.15, 0.2) is 11.6 Å². The maximum absolute atomic E-state index is 12.6. The van der Waals surface area contributed by atoms with Gasteiger partial charge in [0.05, 0.1) is 0 Å². The molecule has 0 atom stereocenters. The summed E-state index contributed by atoms with van der Waals surface area (Å²) in [5.74, 6) is -0.366. The van der Waals surface area contributed by atoms with Crippen molar-refractivity contribution in [2.24, 2.45) is 5.41 Å². The second-order valence-corrected chi connectivity index (χ2v) is 6.86. The summed E-state index contributed by atoms with van der Waals surface area (Å²) < 4.78 is 0. The Morgan fingerprint density at radius 1 is 1.04 bits per heavy atom. The normalized spacial score (nSPS) is 16.3. The molecule has 1 N–H and O–H groups in total. The highest BCUT2D eigenvalue weighted by molar-refractivity contribution is 6.25. The smallest absolute Gasteiger partial charge is 0.223 e. The van der Waals surface area contributed by atoms with Crippen molar-refractivity contribution in [3.63, 3.8) is 0 Å². The lowest BCUT2D eigenvalue weighted by Gasteiger charge is -2.32. The number of rotatable bonds is 6. The van der Waals surface area contributed by atoms with E-state index in [2.05, 4.69) is 0 Å². The van der Waals surface area contributed by atoms with Crippen molar-refractivity contribution < 1.29 is 19.5 Å². The highest BCUT2D eigenvalue weighted by Crippen LogP contribution is 2.39. The highest BCUT2D eigenvalue weighted by Gasteiger charge is 2.38. The molecule has 0 radical (unpaired) electrons. The summed E-state index contributed by atoms with van der Waals surface area (Å²) in [4.78, 5) is 38.9. The Balaban J connectivity index is 3.06. The summed E-state index contributed by atoms with van der Waals surface area (Å²) in [7, 11) is 1.68. The van der Waals surface area contributed by atoms with E-state index < -0.39 is 5.41 Å². The molecule has 128 valence electrons. The molecular formula is C18H27NO4. The molecule has 0 unspecified atom stereocenters. The minimum absolute atomic E-state index is 0.0293. The Hall–Kier alpha value is -1.75. The molecule has 0 saturated heterocycles. The molecule has 0 aliphatic heterocycles. The number of aliphatic hydroxyl groups is 1. The first-order valence-electron chi connectivity index (χ1n) is 7.87. The van der Waals surface area contributed by atoms with Crippen molar-refractivity contribution in [3.05, 3.63) is 22.3 Å². The molecule has 5 nitrogen and oxygen atoms in total. The summed E-state index contributed by atoms with van der Waals surface area (Å²) in [5, 5.41) is 8.85. The average Bonchev–Trinajstić information content (AvgIpc) is 2.47. The Bertz CT molecular complexity index is 596. The fraction of sp³-hybridized carbons (Fsp3) is 0.611. The maximum Gasteiger partial charge on any atom is 0.223 e. The predicted octanol–water partition coefficient (Wildman–Crippen LogP) is 2.05. The number of allylic oxidation sites excluding steroid dienone is 4. The maximum atomic E-state index is 12.6. The van der Waals surface area contributed by atoms with Gasteiger partial charge in [0.2, 0.25) is 5.91 Å². The molecule has 5 heteroatoms. The van der Waals surface area contributed by atoms with E-state index in [-0.39, 0.29) is 30.5 Å². The van der Waals surface area contributed by atoms with E-state index in [9.17, 15) is 14.4 Å². The van der Waals surface area contributed by atoms with Gasteiger partial charge in [0.1, 0.15) is 0 Å². The largest absolute Gasteiger partial charge is 0.396 e. The average molecular weight is 321 g/mol. The van der Waals surface area contributed by atoms with E-state index in [0.29, 0.717) is 35.3 Å². The van der Waals surface area contributed by atoms with Gasteiger partial charge in [-0.05, 0) is 27.2 Å². The van der Waals surface area contributed by atoms with E-state index in [1.165, 1.54) is 0 Å². The van der Waals surface area contributed by atoms with E-state index in [4.69, 9.17) is 5.11 Å². The second kappa shape index (κ2) is 7.21. The lowest BCUT2D eigenvalue weighted by atomic mass is 9.71. The molecule has 1 aliphatic carbocycles. The Morgan fingerprint density at radius 3 is 2.09 bits per heavy atom. The number of carbonyl (C=O) groups excluding carboxylic acids is 3. The van der Waals surface area contributed by atoms with Crippen LogP contribution in [0.15, 0.2) is 22.3 Å². The number of Topliss-reactive ketones (excluding diaryl/α,β-unsaturated/α-hetero) is 2. The second-order valence-electron chi connectivity index (χ2n) is 6.86. The van der Waals surface area contributed by atoms with Crippen LogP contribution >= 0.6 is 0 Å². The van der Waals surface area contributed by atoms with Gasteiger partial charge in [-0.2, -0.15) is 0 Å². The van der Waals surface area contributed by atoms with E-state index in [0.717, 1.165) is 0 Å². The zero-order valence-corrected chi connectivity index (χ0v) is 14.9. The van der Waals surface area contributed by atoms with Crippen molar-refractivity contribution in [2.45, 2.75) is 47.5 Å². The molecule has 0 aromatic rings. The van der Waals surface area contributed by atoms with Crippen molar-refractivity contribution in [1.82, 2.24) is 4.90 Å². The summed E-state index contributed by atoms with van der Waals surface area (Å²) in [6.07, 6.45) is 0.662. The molecule has 1 rings (SSSR count). The van der Waals surface area contributed by atoms with Crippen LogP contribution < -0.4 is 0 Å². The third kappa shape index (κ3) is 3.96. The number of nitrogens with zero attached hydrogens (tertiary/aromatic N) is 1. The van der Waals surface area contributed by atoms with Gasteiger partial charge >= 0.3 is 0 Å². The fourth-order valence-corrected chi connectivity index (χ4v) is 2.94. The Labute approximate surface area is 138 Å². The number of hydrogen-bond donors (Lipinski definition) is 1. The molecule has 0 heterocycles. The molecule has 0 fully saturated rings. The van der Waals surface area contributed by atoms with Crippen molar-refractivity contribution in [3.8, 4) is 0 Å². The fourth-order valence-electron chi connectivity index (χ4n) is 2.94. The minimum atomic E-state index is -0.719. The van der Waals surface area contributed by atoms with E-state index in [1.807, 2.05) is 13.8 Å². The lowest BCUT2D eigenvalue weighted by Crippen LogP contribution is -2.36. The molecular weight excluding hydrogens is 294 g/mol. The molecule has 23 heavy (non-hydrogen) atoms. The number of amides is 1. The first kappa shape index (κ1) is 19.3. The summed E-state index contributed by atoms with van der Waals surface area (Å²) >= 11 is 0. The number of carbonyl (C=O) groups is 3. The van der Waals surface area contributed by atoms with Crippen LogP contribution in [0.25, 0.3) is 0 Å². The van der Waals surface area contributed by atoms with Gasteiger partial charge in [0.25, 0.3) is 0 Å².